The molecule has 1 aliphatic heterocycles. The summed E-state index contributed by atoms with van der Waals surface area (Å²) >= 11 is 0. The summed E-state index contributed by atoms with van der Waals surface area (Å²) in [6.45, 7) is 4.37. The van der Waals surface area contributed by atoms with Crippen molar-refractivity contribution in [2.24, 2.45) is 5.92 Å². The van der Waals surface area contributed by atoms with Crippen LogP contribution in [0.2, 0.25) is 0 Å². The molecule has 0 amide bonds. The van der Waals surface area contributed by atoms with Crippen LogP contribution in [0.4, 0.5) is 5.88 Å². The van der Waals surface area contributed by atoms with E-state index in [1.807, 2.05) is 6.07 Å². The van der Waals surface area contributed by atoms with Gasteiger partial charge in [0.25, 0.3) is 0 Å². The Balaban J connectivity index is 2.06. The van der Waals surface area contributed by atoms with Crippen LogP contribution in [0.5, 0.6) is 0 Å². The molecule has 0 bridgehead atoms. The molecule has 0 saturated carbocycles. The van der Waals surface area contributed by atoms with Crippen molar-refractivity contribution < 1.29 is 9.21 Å². The predicted octanol–water partition coefficient (Wildman–Crippen LogP) is 2.72. The summed E-state index contributed by atoms with van der Waals surface area (Å²) in [5.74, 6) is 2.06. The summed E-state index contributed by atoms with van der Waals surface area (Å²) in [7, 11) is 0. The average Bonchev–Trinajstić information content (AvgIpc) is 2.62. The van der Waals surface area contributed by atoms with Gasteiger partial charge < -0.3 is 9.32 Å². The van der Waals surface area contributed by atoms with Gasteiger partial charge in [-0.3, -0.25) is 4.79 Å². The maximum atomic E-state index is 10.5. The zero-order valence-corrected chi connectivity index (χ0v) is 9.11. The number of aldehydes is 1. The summed E-state index contributed by atoms with van der Waals surface area (Å²) in [4.78, 5) is 12.7. The van der Waals surface area contributed by atoms with E-state index >= 15 is 0 Å². The standard InChI is InChI=1S/C12H17NO2/c1-10-3-2-7-13(8-6-10)12-5-4-11(9-14)15-12/h4-5,9-10H,2-3,6-8H2,1H3. The number of hydrogen-bond donors (Lipinski definition) is 0. The Morgan fingerprint density at radius 2 is 2.27 bits per heavy atom. The Bertz CT molecular complexity index is 332. The topological polar surface area (TPSA) is 33.5 Å². The fourth-order valence-corrected chi connectivity index (χ4v) is 2.06. The van der Waals surface area contributed by atoms with Crippen LogP contribution in [0.3, 0.4) is 0 Å². The number of furan rings is 1. The average molecular weight is 207 g/mol. The second-order valence-electron chi connectivity index (χ2n) is 4.32. The maximum Gasteiger partial charge on any atom is 0.196 e. The van der Waals surface area contributed by atoms with E-state index in [2.05, 4.69) is 11.8 Å². The first-order valence-corrected chi connectivity index (χ1v) is 5.59. The first-order valence-electron chi connectivity index (χ1n) is 5.59. The lowest BCUT2D eigenvalue weighted by Crippen LogP contribution is -2.23. The Kier molecular flexibility index (Phi) is 3.09. The first-order chi connectivity index (χ1) is 7.29. The summed E-state index contributed by atoms with van der Waals surface area (Å²) in [5, 5.41) is 0. The van der Waals surface area contributed by atoms with E-state index in [1.54, 1.807) is 6.07 Å². The van der Waals surface area contributed by atoms with Crippen LogP contribution in [0.15, 0.2) is 16.5 Å². The number of carbonyl (C=O) groups is 1. The van der Waals surface area contributed by atoms with Crippen LogP contribution < -0.4 is 4.90 Å². The van der Waals surface area contributed by atoms with Gasteiger partial charge in [0.1, 0.15) is 0 Å². The molecule has 1 saturated heterocycles. The molecular formula is C12H17NO2. The molecule has 3 heteroatoms. The minimum Gasteiger partial charge on any atom is -0.438 e. The van der Waals surface area contributed by atoms with E-state index in [0.29, 0.717) is 5.76 Å². The van der Waals surface area contributed by atoms with E-state index < -0.39 is 0 Å². The highest BCUT2D eigenvalue weighted by atomic mass is 16.4. The molecule has 82 valence electrons. The number of nitrogens with zero attached hydrogens (tertiary/aromatic N) is 1. The Hall–Kier alpha value is -1.25. The highest BCUT2D eigenvalue weighted by Crippen LogP contribution is 2.23. The Morgan fingerprint density at radius 1 is 1.40 bits per heavy atom. The molecule has 1 fully saturated rings. The van der Waals surface area contributed by atoms with Crippen LogP contribution in [0, 0.1) is 5.92 Å². The normalized spacial score (nSPS) is 22.5. The largest absolute Gasteiger partial charge is 0.438 e. The molecule has 2 heterocycles. The van der Waals surface area contributed by atoms with Crippen molar-refractivity contribution in [3.05, 3.63) is 17.9 Å². The fraction of sp³-hybridized carbons (Fsp3) is 0.583. The van der Waals surface area contributed by atoms with Gasteiger partial charge in [-0.1, -0.05) is 6.92 Å². The molecule has 1 aromatic heterocycles. The van der Waals surface area contributed by atoms with Gasteiger partial charge in [-0.25, -0.2) is 0 Å². The molecule has 15 heavy (non-hydrogen) atoms. The molecule has 1 aliphatic rings. The number of anilines is 1. The second-order valence-corrected chi connectivity index (χ2v) is 4.32. The lowest BCUT2D eigenvalue weighted by atomic mass is 10.0. The number of rotatable bonds is 2. The van der Waals surface area contributed by atoms with Crippen molar-refractivity contribution in [2.75, 3.05) is 18.0 Å². The Labute approximate surface area is 90.1 Å². The molecule has 0 radical (unpaired) electrons. The molecule has 1 unspecified atom stereocenters. The third-order valence-corrected chi connectivity index (χ3v) is 3.06. The smallest absolute Gasteiger partial charge is 0.196 e. The third kappa shape index (κ3) is 2.41. The number of carbonyl (C=O) groups excluding carboxylic acids is 1. The van der Waals surface area contributed by atoms with Crippen LogP contribution in [-0.4, -0.2) is 19.4 Å². The second kappa shape index (κ2) is 4.51. The lowest BCUT2D eigenvalue weighted by Gasteiger charge is -2.18. The van der Waals surface area contributed by atoms with Crippen molar-refractivity contribution in [2.45, 2.75) is 26.2 Å². The van der Waals surface area contributed by atoms with Crippen molar-refractivity contribution >= 4 is 12.2 Å². The van der Waals surface area contributed by atoms with Crippen molar-refractivity contribution in [1.82, 2.24) is 0 Å². The van der Waals surface area contributed by atoms with Crippen molar-refractivity contribution in [3.8, 4) is 0 Å². The number of hydrogen-bond acceptors (Lipinski definition) is 3. The van der Waals surface area contributed by atoms with Crippen molar-refractivity contribution in [3.63, 3.8) is 0 Å². The van der Waals surface area contributed by atoms with Gasteiger partial charge in [0.05, 0.1) is 0 Å². The minimum atomic E-state index is 0.419. The van der Waals surface area contributed by atoms with Gasteiger partial charge >= 0.3 is 0 Å². The minimum absolute atomic E-state index is 0.419. The molecule has 3 nitrogen and oxygen atoms in total. The third-order valence-electron chi connectivity index (χ3n) is 3.06. The molecule has 0 aromatic carbocycles. The molecular weight excluding hydrogens is 190 g/mol. The van der Waals surface area contributed by atoms with Gasteiger partial charge in [0.15, 0.2) is 17.9 Å². The summed E-state index contributed by atoms with van der Waals surface area (Å²) < 4.78 is 5.42. The van der Waals surface area contributed by atoms with Crippen LogP contribution in [0.1, 0.15) is 36.7 Å². The quantitative estimate of drug-likeness (QED) is 0.699. The maximum absolute atomic E-state index is 10.5. The van der Waals surface area contributed by atoms with Gasteiger partial charge in [-0.05, 0) is 31.2 Å². The molecule has 1 atom stereocenters. The van der Waals surface area contributed by atoms with Crippen LogP contribution >= 0.6 is 0 Å². The van der Waals surface area contributed by atoms with Crippen LogP contribution in [-0.2, 0) is 0 Å². The van der Waals surface area contributed by atoms with Crippen molar-refractivity contribution in [1.29, 1.82) is 0 Å². The summed E-state index contributed by atoms with van der Waals surface area (Å²) in [6.07, 6.45) is 4.46. The fourth-order valence-electron chi connectivity index (χ4n) is 2.06. The van der Waals surface area contributed by atoms with E-state index in [4.69, 9.17) is 4.42 Å². The zero-order valence-electron chi connectivity index (χ0n) is 9.11. The van der Waals surface area contributed by atoms with E-state index in [0.717, 1.165) is 31.2 Å². The van der Waals surface area contributed by atoms with Gasteiger partial charge in [-0.2, -0.15) is 0 Å². The van der Waals surface area contributed by atoms with E-state index in [9.17, 15) is 4.79 Å². The summed E-state index contributed by atoms with van der Waals surface area (Å²) in [5.41, 5.74) is 0. The monoisotopic (exact) mass is 207 g/mol. The highest BCUT2D eigenvalue weighted by molar-refractivity contribution is 5.71. The van der Waals surface area contributed by atoms with Gasteiger partial charge in [0, 0.05) is 19.2 Å². The lowest BCUT2D eigenvalue weighted by molar-refractivity contribution is 0.110. The van der Waals surface area contributed by atoms with Gasteiger partial charge in [0.2, 0.25) is 0 Å². The molecule has 1 aromatic rings. The first kappa shape index (κ1) is 10.3. The zero-order chi connectivity index (χ0) is 10.7. The Morgan fingerprint density at radius 3 is 3.00 bits per heavy atom. The molecule has 0 N–H and O–H groups in total. The van der Waals surface area contributed by atoms with E-state index in [-0.39, 0.29) is 0 Å². The van der Waals surface area contributed by atoms with Crippen LogP contribution in [0.25, 0.3) is 0 Å². The van der Waals surface area contributed by atoms with E-state index in [1.165, 1.54) is 19.3 Å². The SMILES string of the molecule is CC1CCCN(c2ccc(C=O)o2)CC1. The molecule has 0 aliphatic carbocycles. The van der Waals surface area contributed by atoms with Gasteiger partial charge in [-0.15, -0.1) is 0 Å². The predicted molar refractivity (Wildman–Crippen MR) is 59.3 cm³/mol. The molecule has 2 rings (SSSR count). The molecule has 0 spiro atoms. The summed E-state index contributed by atoms with van der Waals surface area (Å²) in [6, 6.07) is 3.62. The highest BCUT2D eigenvalue weighted by Gasteiger charge is 2.16.